The van der Waals surface area contributed by atoms with Gasteiger partial charge in [0, 0.05) is 0 Å². The fourth-order valence-electron chi connectivity index (χ4n) is 1.95. The number of nitrogens with two attached hydrogens (primary N) is 1. The number of rotatable bonds is 2. The molecule has 0 aliphatic carbocycles. The van der Waals surface area contributed by atoms with Crippen molar-refractivity contribution in [2.45, 2.75) is 12.5 Å². The number of ether oxygens (including phenoxy) is 1. The van der Waals surface area contributed by atoms with Gasteiger partial charge in [-0.2, -0.15) is 15.1 Å². The van der Waals surface area contributed by atoms with Gasteiger partial charge >= 0.3 is 6.01 Å². The summed E-state index contributed by atoms with van der Waals surface area (Å²) in [5.74, 6) is 0.00171. The average Bonchev–Trinajstić information content (AvgIpc) is 2.89. The van der Waals surface area contributed by atoms with Crippen LogP contribution in [0.15, 0.2) is 24.5 Å². The molecule has 19 heavy (non-hydrogen) atoms. The van der Waals surface area contributed by atoms with E-state index in [9.17, 15) is 10.0 Å². The molecule has 1 unspecified atom stereocenters. The van der Waals surface area contributed by atoms with Crippen molar-refractivity contribution in [3.05, 3.63) is 30.1 Å². The van der Waals surface area contributed by atoms with Crippen LogP contribution in [-0.4, -0.2) is 32.3 Å². The number of amides is 1. The van der Waals surface area contributed by atoms with Crippen molar-refractivity contribution in [3.8, 4) is 11.8 Å². The number of nitrogens with one attached hydrogen (secondary N) is 1. The Labute approximate surface area is 107 Å². The molecule has 1 atom stereocenters. The minimum absolute atomic E-state index is 0.261. The van der Waals surface area contributed by atoms with E-state index in [0.29, 0.717) is 22.9 Å². The van der Waals surface area contributed by atoms with Crippen molar-refractivity contribution < 1.29 is 14.7 Å². The number of anilines is 1. The zero-order valence-corrected chi connectivity index (χ0v) is 9.78. The first kappa shape index (κ1) is 11.6. The van der Waals surface area contributed by atoms with Crippen molar-refractivity contribution in [3.63, 3.8) is 0 Å². The maximum absolute atomic E-state index is 11.5. The normalized spacial score (nSPS) is 18.3. The summed E-state index contributed by atoms with van der Waals surface area (Å²) < 4.78 is 5.43. The number of hydrogen-bond donors (Lipinski definition) is 3. The Hall–Kier alpha value is -2.45. The first-order valence-corrected chi connectivity index (χ1v) is 5.60. The van der Waals surface area contributed by atoms with Gasteiger partial charge in [-0.05, 0) is 30.2 Å². The topological polar surface area (TPSA) is 117 Å². The van der Waals surface area contributed by atoms with Crippen molar-refractivity contribution in [1.29, 1.82) is 0 Å². The SMILES string of the molecule is NC1Cc2cc(Oc3ncn[nH]3)ccc2N(O)C1=O. The van der Waals surface area contributed by atoms with E-state index in [1.807, 2.05) is 0 Å². The minimum atomic E-state index is -0.752. The molecular weight excluding hydrogens is 250 g/mol. The number of carbonyl (C=O) groups excluding carboxylic acids is 1. The molecule has 1 aliphatic rings. The lowest BCUT2D eigenvalue weighted by Crippen LogP contribution is -2.47. The van der Waals surface area contributed by atoms with E-state index in [-0.39, 0.29) is 6.01 Å². The predicted octanol–water partition coefficient (Wildman–Crippen LogP) is 0.203. The number of hydrogen-bond acceptors (Lipinski definition) is 6. The van der Waals surface area contributed by atoms with Gasteiger partial charge in [-0.1, -0.05) is 0 Å². The third kappa shape index (κ3) is 2.02. The summed E-state index contributed by atoms with van der Waals surface area (Å²) in [4.78, 5) is 15.4. The Morgan fingerprint density at radius 1 is 1.53 bits per heavy atom. The van der Waals surface area contributed by atoms with Crippen molar-refractivity contribution >= 4 is 11.6 Å². The molecule has 1 aromatic heterocycles. The number of H-pyrrole nitrogens is 1. The lowest BCUT2D eigenvalue weighted by Gasteiger charge is -2.27. The van der Waals surface area contributed by atoms with E-state index in [0.717, 1.165) is 5.56 Å². The van der Waals surface area contributed by atoms with Crippen LogP contribution in [0.4, 0.5) is 5.69 Å². The van der Waals surface area contributed by atoms with Crippen LogP contribution in [0.5, 0.6) is 11.8 Å². The van der Waals surface area contributed by atoms with Gasteiger partial charge in [0.15, 0.2) is 0 Å². The zero-order valence-electron chi connectivity index (χ0n) is 9.78. The Morgan fingerprint density at radius 2 is 2.37 bits per heavy atom. The summed E-state index contributed by atoms with van der Waals surface area (Å²) in [6, 6.07) is 4.42. The molecule has 1 aromatic carbocycles. The predicted molar refractivity (Wildman–Crippen MR) is 63.9 cm³/mol. The second kappa shape index (κ2) is 4.34. The third-order valence-electron chi connectivity index (χ3n) is 2.85. The molecule has 0 saturated carbocycles. The van der Waals surface area contributed by atoms with Crippen LogP contribution in [0.1, 0.15) is 5.56 Å². The minimum Gasteiger partial charge on any atom is -0.425 e. The van der Waals surface area contributed by atoms with E-state index in [2.05, 4.69) is 15.2 Å². The quantitative estimate of drug-likeness (QED) is 0.665. The van der Waals surface area contributed by atoms with Gasteiger partial charge in [-0.25, -0.2) is 5.10 Å². The fourth-order valence-corrected chi connectivity index (χ4v) is 1.95. The molecule has 98 valence electrons. The second-order valence-electron chi connectivity index (χ2n) is 4.14. The number of fused-ring (bicyclic) bond motifs is 1. The molecule has 2 aromatic rings. The Morgan fingerprint density at radius 3 is 3.11 bits per heavy atom. The van der Waals surface area contributed by atoms with E-state index in [1.54, 1.807) is 18.2 Å². The Bertz CT molecular complexity index is 613. The van der Waals surface area contributed by atoms with Crippen molar-refractivity contribution in [1.82, 2.24) is 15.2 Å². The monoisotopic (exact) mass is 261 g/mol. The molecule has 0 spiro atoms. The molecule has 0 fully saturated rings. The van der Waals surface area contributed by atoms with E-state index in [1.165, 1.54) is 6.33 Å². The Balaban J connectivity index is 1.92. The highest BCUT2D eigenvalue weighted by Crippen LogP contribution is 2.30. The molecule has 3 rings (SSSR count). The molecule has 0 saturated heterocycles. The molecule has 8 nitrogen and oxygen atoms in total. The maximum Gasteiger partial charge on any atom is 0.317 e. The molecule has 8 heteroatoms. The van der Waals surface area contributed by atoms with Crippen LogP contribution in [0.25, 0.3) is 0 Å². The standard InChI is InChI=1S/C11H11N5O3/c12-8-4-6-3-7(19-11-13-5-14-15-11)1-2-9(6)16(18)10(8)17/h1-3,5,8,18H,4,12H2,(H,13,14,15). The third-order valence-corrected chi connectivity index (χ3v) is 2.85. The number of nitrogens with zero attached hydrogens (tertiary/aromatic N) is 3. The summed E-state index contributed by atoms with van der Waals surface area (Å²) in [6.07, 6.45) is 1.68. The van der Waals surface area contributed by atoms with Gasteiger partial charge in [0.05, 0.1) is 11.7 Å². The summed E-state index contributed by atoms with van der Waals surface area (Å²) in [7, 11) is 0. The van der Waals surface area contributed by atoms with Crippen LogP contribution in [-0.2, 0) is 11.2 Å². The first-order valence-electron chi connectivity index (χ1n) is 5.60. The molecular formula is C11H11N5O3. The van der Waals surface area contributed by atoms with Crippen molar-refractivity contribution in [2.24, 2.45) is 5.73 Å². The molecule has 0 radical (unpaired) electrons. The summed E-state index contributed by atoms with van der Waals surface area (Å²) >= 11 is 0. The smallest absolute Gasteiger partial charge is 0.317 e. The summed E-state index contributed by atoms with van der Waals surface area (Å²) in [6.45, 7) is 0. The van der Waals surface area contributed by atoms with Gasteiger partial charge in [-0.15, -0.1) is 0 Å². The van der Waals surface area contributed by atoms with E-state index in [4.69, 9.17) is 10.5 Å². The highest BCUT2D eigenvalue weighted by molar-refractivity contribution is 5.98. The molecule has 1 amide bonds. The van der Waals surface area contributed by atoms with Gasteiger partial charge < -0.3 is 10.5 Å². The summed E-state index contributed by atoms with van der Waals surface area (Å²) in [5, 5.41) is 16.5. The molecule has 4 N–H and O–H groups in total. The Kier molecular flexibility index (Phi) is 2.65. The maximum atomic E-state index is 11.5. The van der Waals surface area contributed by atoms with Crippen LogP contribution in [0, 0.1) is 0 Å². The van der Waals surface area contributed by atoms with E-state index < -0.39 is 11.9 Å². The van der Waals surface area contributed by atoms with Gasteiger partial charge in [-0.3, -0.25) is 10.0 Å². The van der Waals surface area contributed by atoms with Crippen LogP contribution in [0.3, 0.4) is 0 Å². The molecule has 2 heterocycles. The first-order chi connectivity index (χ1) is 9.15. The second-order valence-corrected chi connectivity index (χ2v) is 4.14. The number of aromatic nitrogens is 3. The van der Waals surface area contributed by atoms with Gasteiger partial charge in [0.25, 0.3) is 5.91 Å². The number of carbonyl (C=O) groups is 1. The van der Waals surface area contributed by atoms with Gasteiger partial charge in [0.1, 0.15) is 12.1 Å². The van der Waals surface area contributed by atoms with Gasteiger partial charge in [0.2, 0.25) is 0 Å². The number of hydroxylamine groups is 1. The number of aromatic amines is 1. The summed E-state index contributed by atoms with van der Waals surface area (Å²) in [5.41, 5.74) is 6.79. The average molecular weight is 261 g/mol. The van der Waals surface area contributed by atoms with E-state index >= 15 is 0 Å². The van der Waals surface area contributed by atoms with Crippen LogP contribution >= 0.6 is 0 Å². The van der Waals surface area contributed by atoms with Crippen LogP contribution < -0.4 is 15.5 Å². The highest BCUT2D eigenvalue weighted by Gasteiger charge is 2.29. The zero-order chi connectivity index (χ0) is 13.4. The molecule has 1 aliphatic heterocycles. The largest absolute Gasteiger partial charge is 0.425 e. The molecule has 0 bridgehead atoms. The fraction of sp³-hybridized carbons (Fsp3) is 0.182. The van der Waals surface area contributed by atoms with Crippen LogP contribution in [0.2, 0.25) is 0 Å². The number of benzene rings is 1. The highest BCUT2D eigenvalue weighted by atomic mass is 16.5. The lowest BCUT2D eigenvalue weighted by molar-refractivity contribution is -0.125. The lowest BCUT2D eigenvalue weighted by atomic mass is 9.99. The van der Waals surface area contributed by atoms with Crippen molar-refractivity contribution in [2.75, 3.05) is 5.06 Å².